The van der Waals surface area contributed by atoms with Crippen LogP contribution in [0, 0.1) is 0 Å². The molecule has 3 rings (SSSR count). The second kappa shape index (κ2) is 4.81. The normalized spacial score (nSPS) is 23.3. The largest absolute Gasteiger partial charge is 0.292 e. The molecule has 0 spiro atoms. The van der Waals surface area contributed by atoms with E-state index in [0.29, 0.717) is 5.78 Å². The number of hydrogen-bond donors (Lipinski definition) is 0. The minimum atomic E-state index is -0.209. The summed E-state index contributed by atoms with van der Waals surface area (Å²) < 4.78 is 0. The van der Waals surface area contributed by atoms with Crippen molar-refractivity contribution in [2.45, 2.75) is 44.1 Å². The molecule has 0 atom stereocenters. The Morgan fingerprint density at radius 2 is 1.89 bits per heavy atom. The van der Waals surface area contributed by atoms with E-state index in [1.807, 2.05) is 12.1 Å². The second-order valence-corrected chi connectivity index (χ2v) is 5.50. The lowest BCUT2D eigenvalue weighted by atomic mass is 9.86. The highest BCUT2D eigenvalue weighted by Crippen LogP contribution is 2.39. The molecule has 2 heterocycles. The van der Waals surface area contributed by atoms with E-state index in [9.17, 15) is 4.79 Å². The van der Waals surface area contributed by atoms with Crippen LogP contribution in [0.15, 0.2) is 24.5 Å². The van der Waals surface area contributed by atoms with Crippen LogP contribution in [-0.4, -0.2) is 34.3 Å². The number of rotatable bonds is 3. The van der Waals surface area contributed by atoms with Crippen LogP contribution in [0.3, 0.4) is 0 Å². The fourth-order valence-electron chi connectivity index (χ4n) is 3.56. The number of likely N-dealkylation sites (tertiary alicyclic amines) is 1. The molecular formula is C15H20N2O. The Balaban J connectivity index is 1.92. The van der Waals surface area contributed by atoms with E-state index < -0.39 is 0 Å². The van der Waals surface area contributed by atoms with Gasteiger partial charge in [-0.15, -0.1) is 0 Å². The summed E-state index contributed by atoms with van der Waals surface area (Å²) in [5.41, 5.74) is 0.575. The van der Waals surface area contributed by atoms with Gasteiger partial charge in [-0.2, -0.15) is 0 Å². The maximum absolute atomic E-state index is 12.9. The first-order chi connectivity index (χ1) is 8.83. The van der Waals surface area contributed by atoms with Gasteiger partial charge < -0.3 is 0 Å². The molecule has 1 aliphatic carbocycles. The molecule has 1 aromatic heterocycles. The van der Waals surface area contributed by atoms with Crippen molar-refractivity contribution in [3.63, 3.8) is 0 Å². The van der Waals surface area contributed by atoms with Crippen LogP contribution >= 0.6 is 0 Å². The molecule has 3 heteroatoms. The van der Waals surface area contributed by atoms with E-state index in [0.717, 1.165) is 31.5 Å². The van der Waals surface area contributed by atoms with Crippen LogP contribution in [0.4, 0.5) is 0 Å². The predicted octanol–water partition coefficient (Wildman–Crippen LogP) is 2.67. The smallest absolute Gasteiger partial charge is 0.184 e. The molecule has 0 unspecified atom stereocenters. The Labute approximate surface area is 108 Å². The molecule has 0 radical (unpaired) electrons. The van der Waals surface area contributed by atoms with E-state index in [1.165, 1.54) is 25.7 Å². The summed E-state index contributed by atoms with van der Waals surface area (Å²) in [5.74, 6) is 0.301. The standard InChI is InChI=1S/C15H20N2O/c18-14(13-6-5-9-16-12-13)15(7-1-2-8-15)17-10-3-4-11-17/h5-6,9,12H,1-4,7-8,10-11H2. The summed E-state index contributed by atoms with van der Waals surface area (Å²) in [4.78, 5) is 19.4. The SMILES string of the molecule is O=C(c1cccnc1)C1(N2CCCC2)CCCC1. The van der Waals surface area contributed by atoms with Crippen LogP contribution in [0.25, 0.3) is 0 Å². The van der Waals surface area contributed by atoms with Crippen molar-refractivity contribution in [3.8, 4) is 0 Å². The first-order valence-corrected chi connectivity index (χ1v) is 7.03. The average Bonchev–Trinajstić information content (AvgIpc) is 3.10. The van der Waals surface area contributed by atoms with Crippen LogP contribution in [0.5, 0.6) is 0 Å². The van der Waals surface area contributed by atoms with Crippen LogP contribution in [0.2, 0.25) is 0 Å². The van der Waals surface area contributed by atoms with E-state index in [1.54, 1.807) is 12.4 Å². The quantitative estimate of drug-likeness (QED) is 0.766. The number of carbonyl (C=O) groups excluding carboxylic acids is 1. The van der Waals surface area contributed by atoms with Gasteiger partial charge in [0.25, 0.3) is 0 Å². The monoisotopic (exact) mass is 244 g/mol. The van der Waals surface area contributed by atoms with Crippen molar-refractivity contribution >= 4 is 5.78 Å². The highest BCUT2D eigenvalue weighted by molar-refractivity contribution is 6.03. The summed E-state index contributed by atoms with van der Waals surface area (Å²) in [6.07, 6.45) is 10.4. The molecule has 1 saturated heterocycles. The number of aromatic nitrogens is 1. The van der Waals surface area contributed by atoms with Crippen LogP contribution in [-0.2, 0) is 0 Å². The lowest BCUT2D eigenvalue weighted by Gasteiger charge is -2.37. The van der Waals surface area contributed by atoms with Crippen molar-refractivity contribution < 1.29 is 4.79 Å². The topological polar surface area (TPSA) is 33.2 Å². The van der Waals surface area contributed by atoms with Crippen molar-refractivity contribution in [3.05, 3.63) is 30.1 Å². The van der Waals surface area contributed by atoms with Crippen molar-refractivity contribution in [2.24, 2.45) is 0 Å². The van der Waals surface area contributed by atoms with Gasteiger partial charge in [0.2, 0.25) is 0 Å². The van der Waals surface area contributed by atoms with Gasteiger partial charge in [0.05, 0.1) is 5.54 Å². The van der Waals surface area contributed by atoms with Crippen molar-refractivity contribution in [1.29, 1.82) is 0 Å². The molecule has 3 nitrogen and oxygen atoms in total. The first-order valence-electron chi connectivity index (χ1n) is 7.03. The minimum absolute atomic E-state index is 0.209. The number of ketones is 1. The van der Waals surface area contributed by atoms with E-state index in [-0.39, 0.29) is 5.54 Å². The molecule has 18 heavy (non-hydrogen) atoms. The number of pyridine rings is 1. The third-order valence-corrected chi connectivity index (χ3v) is 4.49. The molecule has 2 fully saturated rings. The minimum Gasteiger partial charge on any atom is -0.292 e. The van der Waals surface area contributed by atoms with Crippen LogP contribution in [0.1, 0.15) is 48.9 Å². The van der Waals surface area contributed by atoms with Gasteiger partial charge in [0.15, 0.2) is 5.78 Å². The first kappa shape index (κ1) is 11.8. The molecule has 1 saturated carbocycles. The summed E-state index contributed by atoms with van der Waals surface area (Å²) in [7, 11) is 0. The maximum atomic E-state index is 12.9. The molecule has 1 aliphatic heterocycles. The number of carbonyl (C=O) groups is 1. The van der Waals surface area contributed by atoms with Gasteiger partial charge in [-0.3, -0.25) is 14.7 Å². The second-order valence-electron chi connectivity index (χ2n) is 5.50. The fraction of sp³-hybridized carbons (Fsp3) is 0.600. The summed E-state index contributed by atoms with van der Waals surface area (Å²) in [5, 5.41) is 0. The molecule has 0 bridgehead atoms. The summed E-state index contributed by atoms with van der Waals surface area (Å²) in [6.45, 7) is 2.18. The predicted molar refractivity (Wildman–Crippen MR) is 70.6 cm³/mol. The molecular weight excluding hydrogens is 224 g/mol. The molecule has 1 aromatic rings. The Morgan fingerprint density at radius 1 is 1.17 bits per heavy atom. The zero-order valence-electron chi connectivity index (χ0n) is 10.8. The maximum Gasteiger partial charge on any atom is 0.184 e. The average molecular weight is 244 g/mol. The van der Waals surface area contributed by atoms with Gasteiger partial charge >= 0.3 is 0 Å². The molecule has 0 amide bonds. The fourth-order valence-corrected chi connectivity index (χ4v) is 3.56. The lowest BCUT2D eigenvalue weighted by molar-refractivity contribution is 0.0626. The van der Waals surface area contributed by atoms with Gasteiger partial charge in [-0.25, -0.2) is 0 Å². The number of hydrogen-bond acceptors (Lipinski definition) is 3. The van der Waals surface area contributed by atoms with E-state index in [4.69, 9.17) is 0 Å². The highest BCUT2D eigenvalue weighted by atomic mass is 16.1. The van der Waals surface area contributed by atoms with Crippen molar-refractivity contribution in [2.75, 3.05) is 13.1 Å². The third-order valence-electron chi connectivity index (χ3n) is 4.49. The van der Waals surface area contributed by atoms with Gasteiger partial charge in [-0.05, 0) is 50.9 Å². The van der Waals surface area contributed by atoms with Gasteiger partial charge in [0, 0.05) is 18.0 Å². The Hall–Kier alpha value is -1.22. The Kier molecular flexibility index (Phi) is 3.16. The highest BCUT2D eigenvalue weighted by Gasteiger charge is 2.46. The molecule has 2 aliphatic rings. The molecule has 0 N–H and O–H groups in total. The van der Waals surface area contributed by atoms with E-state index >= 15 is 0 Å². The summed E-state index contributed by atoms with van der Waals surface area (Å²) in [6, 6.07) is 3.77. The number of nitrogens with zero attached hydrogens (tertiary/aromatic N) is 2. The van der Waals surface area contributed by atoms with Gasteiger partial charge in [0.1, 0.15) is 0 Å². The van der Waals surface area contributed by atoms with Crippen LogP contribution < -0.4 is 0 Å². The zero-order chi connectivity index (χ0) is 12.4. The lowest BCUT2D eigenvalue weighted by Crippen LogP contribution is -2.51. The Bertz CT molecular complexity index is 417. The van der Waals surface area contributed by atoms with E-state index in [2.05, 4.69) is 9.88 Å². The zero-order valence-corrected chi connectivity index (χ0v) is 10.8. The third kappa shape index (κ3) is 1.87. The Morgan fingerprint density at radius 3 is 2.50 bits per heavy atom. The summed E-state index contributed by atoms with van der Waals surface area (Å²) >= 11 is 0. The molecule has 0 aromatic carbocycles. The molecule has 96 valence electrons. The van der Waals surface area contributed by atoms with Gasteiger partial charge in [-0.1, -0.05) is 12.8 Å². The number of Topliss-reactive ketones (excluding diaryl/α,β-unsaturated/α-hetero) is 1. The van der Waals surface area contributed by atoms with Crippen molar-refractivity contribution in [1.82, 2.24) is 9.88 Å².